The predicted octanol–water partition coefficient (Wildman–Crippen LogP) is 3.21. The van der Waals surface area contributed by atoms with Crippen molar-refractivity contribution in [3.8, 4) is 11.4 Å². The molecule has 2 atom stereocenters. The number of hydrogen-bond acceptors (Lipinski definition) is 4. The molecule has 0 radical (unpaired) electrons. The van der Waals surface area contributed by atoms with E-state index in [1.165, 1.54) is 18.7 Å². The number of rotatable bonds is 3. The van der Waals surface area contributed by atoms with Crippen molar-refractivity contribution in [2.24, 2.45) is 0 Å². The van der Waals surface area contributed by atoms with Crippen LogP contribution in [0.4, 0.5) is 0 Å². The van der Waals surface area contributed by atoms with Gasteiger partial charge in [-0.3, -0.25) is 0 Å². The molecule has 0 saturated carbocycles. The monoisotopic (exact) mass is 628 g/mol. The Hall–Kier alpha value is -5.12. The molecular weight excluding hydrogens is 600 g/mol. The van der Waals surface area contributed by atoms with Crippen molar-refractivity contribution in [1.82, 2.24) is 27.9 Å². The first-order chi connectivity index (χ1) is 21.0. The maximum Gasteiger partial charge on any atom is 2.00 e. The molecule has 4 heterocycles. The number of allylic oxidation sites excluding steroid dienone is 2. The molecule has 6 aromatic rings. The Labute approximate surface area is 261 Å². The van der Waals surface area contributed by atoms with Gasteiger partial charge in [0, 0.05) is 0 Å². The maximum absolute atomic E-state index is 13.8. The van der Waals surface area contributed by atoms with Crippen LogP contribution in [0, 0.1) is 0 Å². The molecule has 11 heteroatoms. The van der Waals surface area contributed by atoms with E-state index in [2.05, 4.69) is 0 Å². The quantitative estimate of drug-likeness (QED) is 0.171. The molecule has 2 aliphatic rings. The van der Waals surface area contributed by atoms with Gasteiger partial charge in [0.15, 0.2) is 0 Å². The van der Waals surface area contributed by atoms with Gasteiger partial charge in [-0.2, -0.15) is 42.0 Å². The summed E-state index contributed by atoms with van der Waals surface area (Å²) in [5, 5.41) is 0. The molecule has 0 bridgehead atoms. The molecule has 2 unspecified atom stereocenters. The van der Waals surface area contributed by atoms with Crippen LogP contribution in [-0.4, -0.2) is 27.9 Å². The van der Waals surface area contributed by atoms with E-state index < -0.39 is 34.8 Å². The molecule has 222 valence electrons. The first kappa shape index (κ1) is 29.0. The number of benzene rings is 2. The summed E-state index contributed by atoms with van der Waals surface area (Å²) in [6, 6.07) is 33.9. The SMILES string of the molecule is CC1=C2C(Cn3c(=O)n(-c4ccccc4)c(=O)n3C2c2cc[cH-]c2)n2c(=O)n(-c3ccccc3)c(=O)n2C1.[Fe+2].c1cc[cH-]c1. The standard InChI is InChI=1S/C28H23N6O4.C5H5.Fe/c1-18-16-29-25(35)31(20-12-4-2-5-13-20)27(37)33(29)22-17-30-26(36)32(21-14-6-3-7-15-21)28(38)34(30)24(23(18)22)19-10-8-9-11-19;1-2-4-5-3-1;/h2-15,22,24H,16-17H2,1H3;1-5H;/q2*-1;+2. The van der Waals surface area contributed by atoms with E-state index in [1.54, 1.807) is 48.5 Å². The van der Waals surface area contributed by atoms with Gasteiger partial charge >= 0.3 is 39.8 Å². The average Bonchev–Trinajstić information content (AvgIpc) is 3.84. The second kappa shape index (κ2) is 11.5. The molecule has 0 fully saturated rings. The van der Waals surface area contributed by atoms with Gasteiger partial charge in [0.1, 0.15) is 0 Å². The van der Waals surface area contributed by atoms with Crippen molar-refractivity contribution in [3.05, 3.63) is 174 Å². The van der Waals surface area contributed by atoms with Gasteiger partial charge in [-0.1, -0.05) is 36.4 Å². The van der Waals surface area contributed by atoms with Gasteiger partial charge < -0.3 is 0 Å². The topological polar surface area (TPSA) is 97.9 Å². The van der Waals surface area contributed by atoms with E-state index in [4.69, 9.17) is 0 Å². The second-order valence-electron chi connectivity index (χ2n) is 10.6. The van der Waals surface area contributed by atoms with E-state index in [0.717, 1.165) is 25.8 Å². The summed E-state index contributed by atoms with van der Waals surface area (Å²) in [7, 11) is 0. The van der Waals surface area contributed by atoms with Crippen molar-refractivity contribution in [2.45, 2.75) is 32.1 Å². The van der Waals surface area contributed by atoms with Gasteiger partial charge in [0.25, 0.3) is 0 Å². The fourth-order valence-electron chi connectivity index (χ4n) is 6.28. The van der Waals surface area contributed by atoms with Crippen LogP contribution < -0.4 is 22.8 Å². The average molecular weight is 628 g/mol. The van der Waals surface area contributed by atoms with Crippen LogP contribution in [0.2, 0.25) is 0 Å². The minimum absolute atomic E-state index is 0. The van der Waals surface area contributed by atoms with Gasteiger partial charge in [-0.05, 0) is 42.3 Å². The minimum Gasteiger partial charge on any atom is -0.246 e. The Kier molecular flexibility index (Phi) is 7.58. The van der Waals surface area contributed by atoms with Gasteiger partial charge in [0.05, 0.1) is 36.5 Å². The summed E-state index contributed by atoms with van der Waals surface area (Å²) in [4.78, 5) is 54.8. The zero-order valence-electron chi connectivity index (χ0n) is 23.7. The summed E-state index contributed by atoms with van der Waals surface area (Å²) in [6.45, 7) is 2.16. The summed E-state index contributed by atoms with van der Waals surface area (Å²) in [5.41, 5.74) is 1.62. The van der Waals surface area contributed by atoms with Crippen LogP contribution >= 0.6 is 0 Å². The predicted molar refractivity (Wildman–Crippen MR) is 163 cm³/mol. The van der Waals surface area contributed by atoms with Crippen LogP contribution in [0.1, 0.15) is 24.6 Å². The van der Waals surface area contributed by atoms with Crippen molar-refractivity contribution < 1.29 is 17.1 Å². The van der Waals surface area contributed by atoms with Crippen LogP contribution in [0.5, 0.6) is 0 Å². The molecule has 10 nitrogen and oxygen atoms in total. The molecular formula is C33H28FeN6O4. The smallest absolute Gasteiger partial charge is 0.246 e. The fourth-order valence-corrected chi connectivity index (χ4v) is 6.28. The third kappa shape index (κ3) is 4.49. The molecule has 0 aliphatic carbocycles. The van der Waals surface area contributed by atoms with Gasteiger partial charge in [-0.15, -0.1) is 0 Å². The van der Waals surface area contributed by atoms with E-state index in [-0.39, 0.29) is 30.2 Å². The van der Waals surface area contributed by atoms with Crippen LogP contribution in [0.25, 0.3) is 11.4 Å². The summed E-state index contributed by atoms with van der Waals surface area (Å²) >= 11 is 0. The molecule has 0 N–H and O–H groups in total. The molecule has 4 aromatic carbocycles. The summed E-state index contributed by atoms with van der Waals surface area (Å²) in [5.74, 6) is 0. The van der Waals surface area contributed by atoms with E-state index in [1.807, 2.05) is 73.7 Å². The molecule has 0 saturated heterocycles. The summed E-state index contributed by atoms with van der Waals surface area (Å²) < 4.78 is 8.11. The third-order valence-corrected chi connectivity index (χ3v) is 8.13. The largest absolute Gasteiger partial charge is 2.00 e. The molecule has 2 aromatic heterocycles. The van der Waals surface area contributed by atoms with Gasteiger partial charge in [0.2, 0.25) is 0 Å². The normalized spacial score (nSPS) is 16.7. The van der Waals surface area contributed by atoms with Crippen molar-refractivity contribution in [2.75, 3.05) is 0 Å². The second-order valence-corrected chi connectivity index (χ2v) is 10.6. The molecule has 8 rings (SSSR count). The molecule has 2 aliphatic heterocycles. The number of aromatic nitrogens is 6. The van der Waals surface area contributed by atoms with E-state index in [9.17, 15) is 19.2 Å². The maximum atomic E-state index is 13.8. The zero-order valence-corrected chi connectivity index (χ0v) is 24.8. The Morgan fingerprint density at radius 3 is 1.73 bits per heavy atom. The van der Waals surface area contributed by atoms with Crippen LogP contribution in [-0.2, 0) is 30.2 Å². The Morgan fingerprint density at radius 1 is 0.636 bits per heavy atom. The minimum atomic E-state index is -0.627. The van der Waals surface area contributed by atoms with E-state index >= 15 is 0 Å². The van der Waals surface area contributed by atoms with Gasteiger partial charge in [-0.25, -0.2) is 65.2 Å². The third-order valence-electron chi connectivity index (χ3n) is 8.13. The molecule has 44 heavy (non-hydrogen) atoms. The fraction of sp³-hybridized carbons (Fsp3) is 0.152. The number of para-hydroxylation sites is 2. The molecule has 0 spiro atoms. The Balaban J connectivity index is 0.000000522. The van der Waals surface area contributed by atoms with Crippen LogP contribution in [0.15, 0.2) is 146 Å². The summed E-state index contributed by atoms with van der Waals surface area (Å²) in [6.07, 6.45) is 0. The van der Waals surface area contributed by atoms with Crippen LogP contribution in [0.3, 0.4) is 0 Å². The zero-order chi connectivity index (χ0) is 29.7. The van der Waals surface area contributed by atoms with Crippen molar-refractivity contribution in [3.63, 3.8) is 0 Å². The Morgan fingerprint density at radius 2 is 1.20 bits per heavy atom. The number of nitrogens with zero attached hydrogens (tertiary/aromatic N) is 6. The first-order valence-corrected chi connectivity index (χ1v) is 14.0. The Bertz CT molecular complexity index is 2160. The number of fused-ring (bicyclic) bond motifs is 4. The van der Waals surface area contributed by atoms with Crippen molar-refractivity contribution in [1.29, 1.82) is 0 Å². The van der Waals surface area contributed by atoms with E-state index in [0.29, 0.717) is 11.4 Å². The first-order valence-electron chi connectivity index (χ1n) is 14.0. The molecule has 0 amide bonds. The number of hydrogen-bond donors (Lipinski definition) is 0. The van der Waals surface area contributed by atoms with Crippen molar-refractivity contribution >= 4 is 0 Å².